The van der Waals surface area contributed by atoms with E-state index in [2.05, 4.69) is 18.5 Å². The Morgan fingerprint density at radius 2 is 1.74 bits per heavy atom. The molecule has 0 aliphatic heterocycles. The van der Waals surface area contributed by atoms with Crippen molar-refractivity contribution in [3.05, 3.63) is 54.7 Å². The van der Waals surface area contributed by atoms with Gasteiger partial charge in [-0.1, -0.05) is 38.3 Å². The van der Waals surface area contributed by atoms with Crippen LogP contribution in [0.4, 0.5) is 0 Å². The van der Waals surface area contributed by atoms with Gasteiger partial charge in [-0.05, 0) is 31.2 Å². The molecule has 0 saturated carbocycles. The lowest BCUT2D eigenvalue weighted by atomic mass is 9.87. The molecule has 0 aromatic heterocycles. The largest absolute Gasteiger partial charge is 0.493 e. The number of methoxy groups -OCH3 is 3. The molecule has 0 aliphatic carbocycles. The number of rotatable bonds is 11. The van der Waals surface area contributed by atoms with Gasteiger partial charge in [0.15, 0.2) is 11.5 Å². The maximum absolute atomic E-state index is 12.7. The fourth-order valence-corrected chi connectivity index (χ4v) is 2.80. The summed E-state index contributed by atoms with van der Waals surface area (Å²) in [6, 6.07) is 3.12. The summed E-state index contributed by atoms with van der Waals surface area (Å²) in [7, 11) is 6.30. The Bertz CT molecular complexity index is 680. The fraction of sp³-hybridized carbons (Fsp3) is 0.381. The normalized spacial score (nSPS) is 13.3. The topological polar surface area (TPSA) is 66.0 Å². The van der Waals surface area contributed by atoms with Crippen LogP contribution in [-0.4, -0.2) is 46.5 Å². The second kappa shape index (κ2) is 10.4. The summed E-state index contributed by atoms with van der Waals surface area (Å²) in [5, 5.41) is 3.24. The Morgan fingerprint density at radius 1 is 1.15 bits per heavy atom. The lowest BCUT2D eigenvalue weighted by Gasteiger charge is -2.33. The third kappa shape index (κ3) is 4.92. The first-order valence-electron chi connectivity index (χ1n) is 8.58. The second-order valence-corrected chi connectivity index (χ2v) is 5.74. The van der Waals surface area contributed by atoms with E-state index in [1.165, 1.54) is 21.3 Å². The van der Waals surface area contributed by atoms with E-state index >= 15 is 0 Å². The summed E-state index contributed by atoms with van der Waals surface area (Å²) >= 11 is 0. The Morgan fingerprint density at radius 3 is 2.11 bits per heavy atom. The summed E-state index contributed by atoms with van der Waals surface area (Å²) in [5.41, 5.74) is 0.630. The monoisotopic (exact) mass is 375 g/mol. The van der Waals surface area contributed by atoms with Gasteiger partial charge in [-0.25, -0.2) is 4.79 Å². The van der Waals surface area contributed by atoms with Gasteiger partial charge in [0, 0.05) is 0 Å². The third-order valence-electron chi connectivity index (χ3n) is 4.50. The minimum Gasteiger partial charge on any atom is -0.493 e. The lowest BCUT2D eigenvalue weighted by molar-refractivity contribution is 0.0406. The second-order valence-electron chi connectivity index (χ2n) is 5.74. The standard InChI is InChI=1S/C21H29NO5/c1-8-11-16(9-2)21(10-3,22-4)14-27-20(23)15-12-17(24-5)19(26-7)18(13-15)25-6/h8-9,11-13,22H,1-2,10,14H2,3-7H3/b16-11+. The zero-order valence-corrected chi connectivity index (χ0v) is 16.8. The molecule has 0 saturated heterocycles. The van der Waals surface area contributed by atoms with Crippen molar-refractivity contribution in [1.29, 1.82) is 0 Å². The predicted molar refractivity (Wildman–Crippen MR) is 107 cm³/mol. The molecule has 148 valence electrons. The highest BCUT2D eigenvalue weighted by Gasteiger charge is 2.31. The van der Waals surface area contributed by atoms with E-state index in [9.17, 15) is 4.79 Å². The number of hydrogen-bond acceptors (Lipinski definition) is 6. The number of allylic oxidation sites excluding steroid dienone is 2. The molecule has 0 fully saturated rings. The quantitative estimate of drug-likeness (QED) is 0.471. The average molecular weight is 375 g/mol. The van der Waals surface area contributed by atoms with Gasteiger partial charge in [-0.15, -0.1) is 0 Å². The zero-order valence-electron chi connectivity index (χ0n) is 16.8. The van der Waals surface area contributed by atoms with Gasteiger partial charge in [0.25, 0.3) is 0 Å². The van der Waals surface area contributed by atoms with Gasteiger partial charge in [0.2, 0.25) is 5.75 Å². The van der Waals surface area contributed by atoms with Crippen LogP contribution < -0.4 is 19.5 Å². The molecular weight excluding hydrogens is 346 g/mol. The molecule has 6 heteroatoms. The van der Waals surface area contributed by atoms with Crippen molar-refractivity contribution >= 4 is 5.97 Å². The minimum absolute atomic E-state index is 0.126. The number of likely N-dealkylation sites (N-methyl/N-ethyl adjacent to an activating group) is 1. The average Bonchev–Trinajstić information content (AvgIpc) is 2.72. The van der Waals surface area contributed by atoms with Crippen molar-refractivity contribution in [1.82, 2.24) is 5.32 Å². The molecule has 0 aliphatic rings. The van der Waals surface area contributed by atoms with Gasteiger partial charge < -0.3 is 24.3 Å². The first kappa shape index (κ1) is 22.3. The molecule has 1 atom stereocenters. The molecule has 0 amide bonds. The summed E-state index contributed by atoms with van der Waals surface area (Å²) < 4.78 is 21.4. The molecule has 1 aromatic rings. The van der Waals surface area contributed by atoms with Crippen LogP contribution >= 0.6 is 0 Å². The van der Waals surface area contributed by atoms with E-state index in [1.807, 2.05) is 20.0 Å². The van der Waals surface area contributed by atoms with Crippen molar-refractivity contribution in [2.45, 2.75) is 18.9 Å². The molecule has 0 radical (unpaired) electrons. The van der Waals surface area contributed by atoms with Crippen LogP contribution in [0.25, 0.3) is 0 Å². The molecule has 1 N–H and O–H groups in total. The number of benzene rings is 1. The molecule has 27 heavy (non-hydrogen) atoms. The van der Waals surface area contributed by atoms with Crippen LogP contribution in [-0.2, 0) is 4.74 Å². The lowest BCUT2D eigenvalue weighted by Crippen LogP contribution is -2.48. The maximum atomic E-state index is 12.7. The maximum Gasteiger partial charge on any atom is 0.338 e. The van der Waals surface area contributed by atoms with Gasteiger partial charge in [0.05, 0.1) is 32.4 Å². The highest BCUT2D eigenvalue weighted by Crippen LogP contribution is 2.38. The Hall–Kier alpha value is -2.73. The van der Waals surface area contributed by atoms with Gasteiger partial charge >= 0.3 is 5.97 Å². The fourth-order valence-electron chi connectivity index (χ4n) is 2.80. The number of carbonyl (C=O) groups excluding carboxylic acids is 1. The molecule has 6 nitrogen and oxygen atoms in total. The first-order valence-corrected chi connectivity index (χ1v) is 8.58. The van der Waals surface area contributed by atoms with E-state index in [0.717, 1.165) is 5.57 Å². The van der Waals surface area contributed by atoms with Crippen LogP contribution in [0.3, 0.4) is 0 Å². The van der Waals surface area contributed by atoms with Crippen LogP contribution in [0.15, 0.2) is 49.1 Å². The van der Waals surface area contributed by atoms with E-state index in [0.29, 0.717) is 29.2 Å². The van der Waals surface area contributed by atoms with E-state index in [4.69, 9.17) is 18.9 Å². The van der Waals surface area contributed by atoms with Crippen LogP contribution in [0.2, 0.25) is 0 Å². The van der Waals surface area contributed by atoms with Crippen molar-refractivity contribution < 1.29 is 23.7 Å². The number of esters is 1. The predicted octanol–water partition coefficient (Wildman–Crippen LogP) is 3.54. The van der Waals surface area contributed by atoms with E-state index < -0.39 is 11.5 Å². The molecule has 1 rings (SSSR count). The summed E-state index contributed by atoms with van der Waals surface area (Å²) in [5.74, 6) is 0.692. The highest BCUT2D eigenvalue weighted by molar-refractivity contribution is 5.91. The van der Waals surface area contributed by atoms with E-state index in [1.54, 1.807) is 24.3 Å². The third-order valence-corrected chi connectivity index (χ3v) is 4.50. The van der Waals surface area contributed by atoms with Crippen LogP contribution in [0, 0.1) is 0 Å². The summed E-state index contributed by atoms with van der Waals surface area (Å²) in [4.78, 5) is 12.7. The molecule has 0 bridgehead atoms. The highest BCUT2D eigenvalue weighted by atomic mass is 16.5. The van der Waals surface area contributed by atoms with Crippen molar-refractivity contribution in [2.75, 3.05) is 35.0 Å². The summed E-state index contributed by atoms with van der Waals surface area (Å²) in [6.45, 7) is 9.71. The zero-order chi connectivity index (χ0) is 20.4. The number of ether oxygens (including phenoxy) is 4. The number of hydrogen-bond donors (Lipinski definition) is 1. The Balaban J connectivity index is 3.15. The van der Waals surface area contributed by atoms with Crippen molar-refractivity contribution in [2.24, 2.45) is 0 Å². The minimum atomic E-state index is -0.563. The first-order chi connectivity index (χ1) is 13.0. The molecule has 1 unspecified atom stereocenters. The molecular formula is C21H29NO5. The Labute approximate surface area is 161 Å². The van der Waals surface area contributed by atoms with Crippen LogP contribution in [0.5, 0.6) is 17.2 Å². The van der Waals surface area contributed by atoms with Crippen molar-refractivity contribution in [3.8, 4) is 17.2 Å². The van der Waals surface area contributed by atoms with Crippen molar-refractivity contribution in [3.63, 3.8) is 0 Å². The molecule has 0 spiro atoms. The van der Waals surface area contributed by atoms with Crippen LogP contribution in [0.1, 0.15) is 23.7 Å². The number of carbonyl (C=O) groups is 1. The van der Waals surface area contributed by atoms with Gasteiger partial charge in [0.1, 0.15) is 6.61 Å². The van der Waals surface area contributed by atoms with E-state index in [-0.39, 0.29) is 6.61 Å². The van der Waals surface area contributed by atoms with Gasteiger partial charge in [-0.3, -0.25) is 0 Å². The molecule has 0 heterocycles. The SMILES string of the molecule is C=C/C=C(\C=C)C(CC)(COC(=O)c1cc(OC)c(OC)c(OC)c1)NC. The summed E-state index contributed by atoms with van der Waals surface area (Å²) in [6.07, 6.45) is 5.95. The Kier molecular flexibility index (Phi) is 8.62. The van der Waals surface area contributed by atoms with Gasteiger partial charge in [-0.2, -0.15) is 0 Å². The smallest absolute Gasteiger partial charge is 0.338 e. The molecule has 1 aromatic carbocycles. The number of nitrogens with one attached hydrogen (secondary N) is 1.